The Morgan fingerprint density at radius 2 is 1.63 bits per heavy atom. The number of rotatable bonds is 9. The number of esters is 1. The van der Waals surface area contributed by atoms with Crippen molar-refractivity contribution in [3.05, 3.63) is 57.6 Å². The molecule has 0 radical (unpaired) electrons. The second kappa shape index (κ2) is 13.9. The van der Waals surface area contributed by atoms with Crippen molar-refractivity contribution in [2.24, 2.45) is 0 Å². The molecule has 0 aliphatic carbocycles. The molecular formula is C30H33Cl2F3N4O7. The van der Waals surface area contributed by atoms with Crippen LogP contribution in [0.5, 0.6) is 5.75 Å². The summed E-state index contributed by atoms with van der Waals surface area (Å²) >= 11 is 12.3. The largest absolute Gasteiger partial charge is 0.490 e. The van der Waals surface area contributed by atoms with Gasteiger partial charge in [0.25, 0.3) is 11.8 Å². The first-order valence-electron chi connectivity index (χ1n) is 14.3. The summed E-state index contributed by atoms with van der Waals surface area (Å²) in [5.41, 5.74) is -1.00. The molecule has 2 aromatic rings. The molecular weight excluding hydrogens is 656 g/mol. The average Bonchev–Trinajstić information content (AvgIpc) is 3.38. The minimum absolute atomic E-state index is 0.00706. The van der Waals surface area contributed by atoms with Crippen LogP contribution in [0.1, 0.15) is 47.4 Å². The number of carboxylic acids is 1. The lowest BCUT2D eigenvalue weighted by Gasteiger charge is -2.35. The number of anilines is 1. The maximum atomic E-state index is 13.2. The number of amides is 2. The standard InChI is InChI=1S/C30H33Cl2F3N4O7/c1-29(2,27(42)43)46-23-13-22(19(12-20(23)32)25(40)36-3)39-14-21(24(15-39)45-28(44)30(33,34)35)37-18-8-10-38(11-9-18)26(41)16-4-6-17(31)7-5-16/h4-7,12-13,18,21,24,37H,8-11,14-15H2,1-3H3,(H,36,40)(H,42,43)/t21-,24-/m0/s1. The Labute approximate surface area is 272 Å². The van der Waals surface area contributed by atoms with E-state index in [1.807, 2.05) is 0 Å². The molecule has 250 valence electrons. The second-order valence-electron chi connectivity index (χ2n) is 11.5. The van der Waals surface area contributed by atoms with Crippen LogP contribution in [0.2, 0.25) is 10.0 Å². The number of hydrogen-bond acceptors (Lipinski definition) is 8. The van der Waals surface area contributed by atoms with Crippen molar-refractivity contribution < 1.29 is 46.9 Å². The van der Waals surface area contributed by atoms with Crippen LogP contribution < -0.4 is 20.3 Å². The molecule has 0 spiro atoms. The summed E-state index contributed by atoms with van der Waals surface area (Å²) in [4.78, 5) is 52.6. The Morgan fingerprint density at radius 1 is 1.00 bits per heavy atom. The molecule has 2 saturated heterocycles. The first-order valence-corrected chi connectivity index (χ1v) is 15.1. The Morgan fingerprint density at radius 3 is 2.20 bits per heavy atom. The van der Waals surface area contributed by atoms with E-state index >= 15 is 0 Å². The SMILES string of the molecule is CNC(=O)c1cc(Cl)c(OC(C)(C)C(=O)O)cc1N1C[C@H](NC2CCN(C(=O)c3ccc(Cl)cc3)CC2)[C@@H](OC(=O)C(F)(F)F)C1. The Balaban J connectivity index is 1.57. The van der Waals surface area contributed by atoms with Crippen molar-refractivity contribution in [3.8, 4) is 5.75 Å². The van der Waals surface area contributed by atoms with Crippen LogP contribution in [0.4, 0.5) is 18.9 Å². The van der Waals surface area contributed by atoms with E-state index in [0.29, 0.717) is 36.5 Å². The number of piperidine rings is 1. The van der Waals surface area contributed by atoms with E-state index in [1.165, 1.54) is 33.0 Å². The predicted octanol–water partition coefficient (Wildman–Crippen LogP) is 4.15. The van der Waals surface area contributed by atoms with Crippen molar-refractivity contribution in [3.63, 3.8) is 0 Å². The third-order valence-electron chi connectivity index (χ3n) is 7.82. The molecule has 46 heavy (non-hydrogen) atoms. The van der Waals surface area contributed by atoms with E-state index in [2.05, 4.69) is 10.6 Å². The number of ether oxygens (including phenoxy) is 2. The zero-order valence-electron chi connectivity index (χ0n) is 25.1. The van der Waals surface area contributed by atoms with E-state index in [1.54, 1.807) is 34.1 Å². The Kier molecular flexibility index (Phi) is 10.6. The summed E-state index contributed by atoms with van der Waals surface area (Å²) in [7, 11) is 1.38. The van der Waals surface area contributed by atoms with Gasteiger partial charge in [-0.3, -0.25) is 9.59 Å². The number of alkyl halides is 3. The van der Waals surface area contributed by atoms with Gasteiger partial charge in [0.05, 0.1) is 28.9 Å². The van der Waals surface area contributed by atoms with Gasteiger partial charge in [-0.25, -0.2) is 9.59 Å². The lowest BCUT2D eigenvalue weighted by atomic mass is 10.0. The third kappa shape index (κ3) is 8.15. The number of nitrogens with one attached hydrogen (secondary N) is 2. The fourth-order valence-corrected chi connectivity index (χ4v) is 5.63. The highest BCUT2D eigenvalue weighted by Crippen LogP contribution is 2.37. The second-order valence-corrected chi connectivity index (χ2v) is 12.3. The highest BCUT2D eigenvalue weighted by atomic mass is 35.5. The molecule has 2 aromatic carbocycles. The van der Waals surface area contributed by atoms with Gasteiger partial charge in [0.1, 0.15) is 11.9 Å². The van der Waals surface area contributed by atoms with Gasteiger partial charge in [-0.1, -0.05) is 23.2 Å². The van der Waals surface area contributed by atoms with Crippen molar-refractivity contribution >= 4 is 52.6 Å². The molecule has 0 saturated carbocycles. The lowest BCUT2D eigenvalue weighted by Crippen LogP contribution is -2.52. The van der Waals surface area contributed by atoms with Gasteiger partial charge >= 0.3 is 18.1 Å². The topological polar surface area (TPSA) is 138 Å². The number of aliphatic carboxylic acids is 1. The third-order valence-corrected chi connectivity index (χ3v) is 8.37. The summed E-state index contributed by atoms with van der Waals surface area (Å²) in [6.07, 6.45) is -5.57. The van der Waals surface area contributed by atoms with E-state index in [4.69, 9.17) is 32.7 Å². The van der Waals surface area contributed by atoms with Crippen LogP contribution in [0.3, 0.4) is 0 Å². The summed E-state index contributed by atoms with van der Waals surface area (Å²) < 4.78 is 50.3. The molecule has 2 aliphatic heterocycles. The van der Waals surface area contributed by atoms with Crippen LogP contribution >= 0.6 is 23.2 Å². The van der Waals surface area contributed by atoms with Gasteiger partial charge in [0, 0.05) is 49.4 Å². The maximum absolute atomic E-state index is 13.2. The van der Waals surface area contributed by atoms with E-state index in [0.717, 1.165) is 0 Å². The molecule has 2 heterocycles. The van der Waals surface area contributed by atoms with Gasteiger partial charge < -0.3 is 35.0 Å². The van der Waals surface area contributed by atoms with E-state index in [9.17, 15) is 37.5 Å². The molecule has 2 fully saturated rings. The molecule has 2 aliphatic rings. The zero-order valence-corrected chi connectivity index (χ0v) is 26.6. The minimum atomic E-state index is -5.23. The van der Waals surface area contributed by atoms with E-state index < -0.39 is 41.8 Å². The first-order chi connectivity index (χ1) is 21.5. The fraction of sp³-hybridized carbons (Fsp3) is 0.467. The van der Waals surface area contributed by atoms with Crippen molar-refractivity contribution in [2.45, 2.75) is 56.7 Å². The fourth-order valence-electron chi connectivity index (χ4n) is 5.30. The van der Waals surface area contributed by atoms with Gasteiger partial charge in [-0.2, -0.15) is 13.2 Å². The predicted molar refractivity (Wildman–Crippen MR) is 163 cm³/mol. The van der Waals surface area contributed by atoms with Gasteiger partial charge in [0.2, 0.25) is 0 Å². The van der Waals surface area contributed by atoms with Crippen LogP contribution in [0.15, 0.2) is 36.4 Å². The van der Waals surface area contributed by atoms with Crippen LogP contribution in [-0.4, -0.2) is 97.0 Å². The molecule has 2 amide bonds. The van der Waals surface area contributed by atoms with Crippen molar-refractivity contribution in [1.82, 2.24) is 15.5 Å². The van der Waals surface area contributed by atoms with Crippen molar-refractivity contribution in [1.29, 1.82) is 0 Å². The van der Waals surface area contributed by atoms with Crippen LogP contribution in [-0.2, 0) is 14.3 Å². The number of benzene rings is 2. The average molecular weight is 690 g/mol. The molecule has 0 unspecified atom stereocenters. The monoisotopic (exact) mass is 688 g/mol. The Bertz CT molecular complexity index is 1480. The molecule has 2 atom stereocenters. The zero-order chi connectivity index (χ0) is 34.0. The number of carbonyl (C=O) groups excluding carboxylic acids is 3. The number of hydrogen-bond donors (Lipinski definition) is 3. The molecule has 11 nitrogen and oxygen atoms in total. The highest BCUT2D eigenvalue weighted by Gasteiger charge is 2.46. The minimum Gasteiger partial charge on any atom is -0.478 e. The molecule has 0 bridgehead atoms. The highest BCUT2D eigenvalue weighted by molar-refractivity contribution is 6.32. The molecule has 4 rings (SSSR count). The molecule has 16 heteroatoms. The molecule has 0 aromatic heterocycles. The normalized spacial score (nSPS) is 19.1. The first kappa shape index (κ1) is 35.1. The number of carbonyl (C=O) groups is 4. The number of halogens is 5. The van der Waals surface area contributed by atoms with Gasteiger partial charge in [-0.15, -0.1) is 0 Å². The van der Waals surface area contributed by atoms with Gasteiger partial charge in [0.15, 0.2) is 5.60 Å². The lowest BCUT2D eigenvalue weighted by molar-refractivity contribution is -0.204. The van der Waals surface area contributed by atoms with Crippen LogP contribution in [0, 0.1) is 0 Å². The van der Waals surface area contributed by atoms with Gasteiger partial charge in [-0.05, 0) is 57.0 Å². The number of carboxylic acid groups (broad SMARTS) is 1. The number of likely N-dealkylation sites (tertiary alicyclic amines) is 1. The summed E-state index contributed by atoms with van der Waals surface area (Å²) in [6.45, 7) is 3.12. The quantitative estimate of drug-likeness (QED) is 0.332. The summed E-state index contributed by atoms with van der Waals surface area (Å²) in [6, 6.07) is 8.07. The maximum Gasteiger partial charge on any atom is 0.490 e. The Hall–Kier alpha value is -3.75. The number of nitrogens with zero attached hydrogens (tertiary/aromatic N) is 2. The van der Waals surface area contributed by atoms with E-state index in [-0.39, 0.29) is 47.1 Å². The summed E-state index contributed by atoms with van der Waals surface area (Å²) in [5.74, 6) is -4.46. The van der Waals surface area contributed by atoms with Crippen LogP contribution in [0.25, 0.3) is 0 Å². The van der Waals surface area contributed by atoms with Crippen molar-refractivity contribution in [2.75, 3.05) is 38.1 Å². The smallest absolute Gasteiger partial charge is 0.478 e. The molecule has 3 N–H and O–H groups in total. The summed E-state index contributed by atoms with van der Waals surface area (Å²) in [5, 5.41) is 15.7.